The maximum atomic E-state index is 14.0. The van der Waals surface area contributed by atoms with Crippen molar-refractivity contribution in [1.29, 1.82) is 0 Å². The van der Waals surface area contributed by atoms with Gasteiger partial charge in [0.1, 0.15) is 0 Å². The van der Waals surface area contributed by atoms with Crippen LogP contribution in [-0.4, -0.2) is 33.9 Å². The molecule has 14 heteroatoms. The van der Waals surface area contributed by atoms with E-state index in [1.165, 1.54) is 5.56 Å². The molecule has 0 atom stereocenters. The average Bonchev–Trinajstić information content (AvgIpc) is 2.80. The Morgan fingerprint density at radius 3 is 2.14 bits per heavy atom. The number of benzene rings is 2. The van der Waals surface area contributed by atoms with E-state index in [-0.39, 0.29) is 5.82 Å². The van der Waals surface area contributed by atoms with Crippen LogP contribution in [0, 0.1) is 5.82 Å². The maximum Gasteiger partial charge on any atom is 0.458 e. The minimum absolute atomic E-state index is 0.124. The van der Waals surface area contributed by atoms with Gasteiger partial charge in [-0.15, -0.1) is 0 Å². The van der Waals surface area contributed by atoms with Crippen LogP contribution in [0.3, 0.4) is 0 Å². The first-order valence-electron chi connectivity index (χ1n) is 10.0. The van der Waals surface area contributed by atoms with Crippen molar-refractivity contribution in [1.82, 2.24) is 9.97 Å². The molecule has 2 heterocycles. The summed E-state index contributed by atoms with van der Waals surface area (Å²) in [6.45, 7) is 0. The number of Topliss-reactive ketones (excluding diaryl/α,β-unsaturated/α-hetero) is 2. The van der Waals surface area contributed by atoms with Crippen LogP contribution in [-0.2, 0) is 22.4 Å². The number of nitrogen functional groups attached to an aromatic ring is 1. The number of anilines is 5. The number of nitrogens with one attached hydrogen (secondary N) is 2. The Kier molecular flexibility index (Phi) is 7.45. The Balaban J connectivity index is 0.000000257. The van der Waals surface area contributed by atoms with Crippen LogP contribution in [0.5, 0.6) is 0 Å². The highest BCUT2D eigenvalue weighted by molar-refractivity contribution is 6.41. The summed E-state index contributed by atoms with van der Waals surface area (Å²) in [5.41, 5.74) is 10.6. The number of carbonyl (C=O) groups is 2. The molecule has 1 aliphatic rings. The molecule has 0 fully saturated rings. The number of rotatable bonds is 1. The first-order chi connectivity index (χ1) is 16.7. The van der Waals surface area contributed by atoms with Gasteiger partial charge < -0.3 is 16.4 Å². The Hall–Kier alpha value is -4.23. The van der Waals surface area contributed by atoms with E-state index < -0.39 is 29.7 Å². The number of carbonyl (C=O) groups excluding carboxylic acids is 2. The quantitative estimate of drug-likeness (QED) is 0.237. The van der Waals surface area contributed by atoms with Gasteiger partial charge in [0, 0.05) is 17.1 Å². The lowest BCUT2D eigenvalue weighted by Gasteiger charge is -2.11. The summed E-state index contributed by atoms with van der Waals surface area (Å²) >= 11 is 0. The van der Waals surface area contributed by atoms with Crippen LogP contribution < -0.4 is 16.4 Å². The third kappa shape index (κ3) is 6.67. The van der Waals surface area contributed by atoms with Crippen molar-refractivity contribution >= 4 is 40.4 Å². The predicted molar refractivity (Wildman–Crippen MR) is 115 cm³/mol. The van der Waals surface area contributed by atoms with Crippen LogP contribution in [0.2, 0.25) is 0 Å². The van der Waals surface area contributed by atoms with Crippen molar-refractivity contribution in [3.63, 3.8) is 0 Å². The largest absolute Gasteiger partial charge is 0.458 e. The molecule has 0 saturated carbocycles. The molecule has 0 saturated heterocycles. The van der Waals surface area contributed by atoms with E-state index in [4.69, 9.17) is 5.73 Å². The minimum atomic E-state index is -5.77. The third-order valence-corrected chi connectivity index (χ3v) is 4.74. The van der Waals surface area contributed by atoms with Crippen LogP contribution in [0.25, 0.3) is 0 Å². The molecule has 0 spiro atoms. The molecule has 2 aromatic carbocycles. The fraction of sp³-hybridized carbons (Fsp3) is 0.182. The number of hydrogen-bond donors (Lipinski definition) is 3. The minimum Gasteiger partial charge on any atom is -0.399 e. The average molecular weight is 515 g/mol. The molecule has 0 radical (unpaired) electrons. The van der Waals surface area contributed by atoms with Gasteiger partial charge >= 0.3 is 23.9 Å². The van der Waals surface area contributed by atoms with E-state index >= 15 is 0 Å². The van der Waals surface area contributed by atoms with Crippen molar-refractivity contribution in [2.75, 3.05) is 16.4 Å². The third-order valence-electron chi connectivity index (χ3n) is 4.74. The number of aromatic nitrogens is 2. The summed E-state index contributed by atoms with van der Waals surface area (Å²) < 4.78 is 81.0. The van der Waals surface area contributed by atoms with E-state index in [0.29, 0.717) is 5.95 Å². The van der Waals surface area contributed by atoms with E-state index in [1.807, 2.05) is 36.4 Å². The number of ketones is 2. The Bertz CT molecular complexity index is 1270. The molecule has 7 nitrogen and oxygen atoms in total. The number of nitrogens with zero attached hydrogens (tertiary/aromatic N) is 2. The maximum absolute atomic E-state index is 14.0. The lowest BCUT2D eigenvalue weighted by molar-refractivity contribution is -0.193. The summed E-state index contributed by atoms with van der Waals surface area (Å²) in [6, 6.07) is 13.6. The zero-order chi connectivity index (χ0) is 26.7. The highest BCUT2D eigenvalue weighted by atomic mass is 19.4. The van der Waals surface area contributed by atoms with E-state index in [9.17, 15) is 40.3 Å². The molecule has 6 bridgehead atoms. The van der Waals surface area contributed by atoms with Crippen LogP contribution in [0.15, 0.2) is 48.7 Å². The topological polar surface area (TPSA) is 110 Å². The summed E-state index contributed by atoms with van der Waals surface area (Å²) in [4.78, 5) is 27.5. The van der Waals surface area contributed by atoms with Crippen molar-refractivity contribution < 1.29 is 40.3 Å². The lowest BCUT2D eigenvalue weighted by Crippen LogP contribution is -2.39. The summed E-state index contributed by atoms with van der Waals surface area (Å²) in [6.07, 6.45) is -8.73. The fourth-order valence-electron chi connectivity index (χ4n) is 3.02. The van der Waals surface area contributed by atoms with Gasteiger partial charge in [-0.3, -0.25) is 9.59 Å². The van der Waals surface area contributed by atoms with Crippen LogP contribution in [0.4, 0.5) is 59.6 Å². The second-order valence-electron chi connectivity index (χ2n) is 7.41. The van der Waals surface area contributed by atoms with Gasteiger partial charge in [-0.25, -0.2) is 9.37 Å². The van der Waals surface area contributed by atoms with Crippen molar-refractivity contribution in [3.05, 3.63) is 65.6 Å². The van der Waals surface area contributed by atoms with Crippen molar-refractivity contribution in [3.8, 4) is 0 Å². The summed E-state index contributed by atoms with van der Waals surface area (Å²) in [7, 11) is 0. The smallest absolute Gasteiger partial charge is 0.399 e. The number of fused-ring (bicyclic) bond motifs is 6. The molecule has 190 valence electrons. The number of nitrogens with two attached hydrogens (primary N) is 1. The molecule has 0 amide bonds. The van der Waals surface area contributed by atoms with Gasteiger partial charge in [0.15, 0.2) is 11.6 Å². The highest BCUT2D eigenvalue weighted by Gasteiger charge is 2.54. The monoisotopic (exact) mass is 515 g/mol. The zero-order valence-electron chi connectivity index (χ0n) is 18.0. The standard InChI is InChI=1S/C18H16FN5.C4F6O2/c19-15-10-21-18-23-13-3-1-2-11(8-13)4-5-12-9-14(6-7-16(12)20)22-17(15)24-18;5-3(6,7)1(11)2(12)4(8,9)10/h1-3,6-10H,4-5,20H2,(H2,21,22,23,24);. The number of aryl methyl sites for hydroxylation is 2. The first kappa shape index (κ1) is 26.4. The molecule has 3 aromatic rings. The Morgan fingerprint density at radius 2 is 1.50 bits per heavy atom. The van der Waals surface area contributed by atoms with E-state index in [2.05, 4.69) is 26.7 Å². The molecule has 36 heavy (non-hydrogen) atoms. The Morgan fingerprint density at radius 1 is 0.861 bits per heavy atom. The van der Waals surface area contributed by atoms with Gasteiger partial charge in [0.05, 0.1) is 6.20 Å². The summed E-state index contributed by atoms with van der Waals surface area (Å²) in [5, 5.41) is 6.12. The number of hydrogen-bond acceptors (Lipinski definition) is 7. The molecule has 4 N–H and O–H groups in total. The fourth-order valence-corrected chi connectivity index (χ4v) is 3.02. The predicted octanol–water partition coefficient (Wildman–Crippen LogP) is 5.03. The summed E-state index contributed by atoms with van der Waals surface area (Å²) in [5.74, 6) is -6.86. The van der Waals surface area contributed by atoms with E-state index in [0.717, 1.165) is 41.7 Å². The van der Waals surface area contributed by atoms with Gasteiger partial charge in [0.2, 0.25) is 5.95 Å². The first-order valence-corrected chi connectivity index (χ1v) is 10.0. The zero-order valence-corrected chi connectivity index (χ0v) is 18.0. The normalized spacial score (nSPS) is 12.9. The molecule has 0 unspecified atom stereocenters. The van der Waals surface area contributed by atoms with Gasteiger partial charge in [-0.05, 0) is 54.3 Å². The van der Waals surface area contributed by atoms with Gasteiger partial charge in [-0.1, -0.05) is 12.1 Å². The molecule has 1 aromatic heterocycles. The SMILES string of the molecule is Nc1ccc2cc1CCc1cccc(c1)Nc1ncc(F)c(n1)N2.O=C(C(=O)C(F)(F)F)C(F)(F)F. The highest BCUT2D eigenvalue weighted by Crippen LogP contribution is 2.26. The van der Waals surface area contributed by atoms with Crippen LogP contribution >= 0.6 is 0 Å². The number of halogens is 7. The van der Waals surface area contributed by atoms with Crippen LogP contribution in [0.1, 0.15) is 11.1 Å². The lowest BCUT2D eigenvalue weighted by atomic mass is 10.0. The van der Waals surface area contributed by atoms with Gasteiger partial charge in [-0.2, -0.15) is 31.3 Å². The second kappa shape index (κ2) is 10.2. The Labute approximate surface area is 198 Å². The van der Waals surface area contributed by atoms with Crippen molar-refractivity contribution in [2.24, 2.45) is 0 Å². The molecular formula is C22H16F7N5O2. The molecule has 1 aliphatic heterocycles. The molecule has 4 rings (SSSR count). The second-order valence-corrected chi connectivity index (χ2v) is 7.41. The van der Waals surface area contributed by atoms with E-state index in [1.54, 1.807) is 0 Å². The molecular weight excluding hydrogens is 499 g/mol. The number of alkyl halides is 6. The van der Waals surface area contributed by atoms with Gasteiger partial charge in [0.25, 0.3) is 0 Å². The molecule has 0 aliphatic carbocycles. The van der Waals surface area contributed by atoms with Crippen molar-refractivity contribution in [2.45, 2.75) is 25.2 Å².